The Morgan fingerprint density at radius 1 is 1.28 bits per heavy atom. The molecule has 0 fully saturated rings. The predicted octanol–water partition coefficient (Wildman–Crippen LogP) is 5.40. The Hall–Kier alpha value is -2.80. The van der Waals surface area contributed by atoms with Gasteiger partial charge < -0.3 is 14.4 Å². The molecule has 7 heteroatoms. The average molecular weight is 500 g/mol. The number of amides is 1. The van der Waals surface area contributed by atoms with E-state index < -0.39 is 0 Å². The van der Waals surface area contributed by atoms with Gasteiger partial charge in [-0.2, -0.15) is 5.10 Å². The van der Waals surface area contributed by atoms with Crippen LogP contribution in [0.4, 0.5) is 5.69 Å². The largest absolute Gasteiger partial charge is 0.496 e. The molecule has 0 spiro atoms. The molecule has 2 aromatic rings. The van der Waals surface area contributed by atoms with Gasteiger partial charge in [0.25, 0.3) is 5.91 Å². The number of halogens is 1. The van der Waals surface area contributed by atoms with Gasteiger partial charge in [0, 0.05) is 33.9 Å². The van der Waals surface area contributed by atoms with Crippen LogP contribution in [-0.2, 0) is 4.79 Å². The second-order valence-corrected chi connectivity index (χ2v) is 9.20. The summed E-state index contributed by atoms with van der Waals surface area (Å²) in [7, 11) is 1.64. The molecule has 1 aliphatic heterocycles. The third kappa shape index (κ3) is 5.51. The van der Waals surface area contributed by atoms with Crippen LogP contribution >= 0.6 is 15.9 Å². The summed E-state index contributed by atoms with van der Waals surface area (Å²) in [5.74, 6) is 0.973. The maximum Gasteiger partial charge on any atom is 0.277 e. The van der Waals surface area contributed by atoms with Crippen LogP contribution in [0.3, 0.4) is 0 Å². The molecule has 2 aromatic carbocycles. The standard InChI is InChI=1S/C25H30BrN3O3/c1-6-10-29-22-13-23(31-5)18(11-21(22)17(2)14-25(29,3)4)15-27-28-24(30)16-32-20-9-7-8-19(26)12-20/h7-9,11-15H,6,10,16H2,1-5H3,(H,28,30)/b27-15+. The molecule has 170 valence electrons. The van der Waals surface area contributed by atoms with Crippen molar-refractivity contribution in [1.29, 1.82) is 0 Å². The van der Waals surface area contributed by atoms with Crippen molar-refractivity contribution in [3.63, 3.8) is 0 Å². The number of hydrazone groups is 1. The number of rotatable bonds is 8. The van der Waals surface area contributed by atoms with E-state index in [2.05, 4.69) is 77.3 Å². The van der Waals surface area contributed by atoms with E-state index in [0.29, 0.717) is 11.5 Å². The number of nitrogens with one attached hydrogen (secondary N) is 1. The minimum absolute atomic E-state index is 0.0734. The van der Waals surface area contributed by atoms with Gasteiger partial charge in [-0.1, -0.05) is 35.0 Å². The van der Waals surface area contributed by atoms with Crippen LogP contribution in [0.1, 0.15) is 45.2 Å². The molecule has 1 amide bonds. The molecular weight excluding hydrogens is 470 g/mol. The molecule has 0 saturated heterocycles. The predicted molar refractivity (Wildman–Crippen MR) is 134 cm³/mol. The van der Waals surface area contributed by atoms with Crippen molar-refractivity contribution in [2.45, 2.75) is 39.7 Å². The minimum Gasteiger partial charge on any atom is -0.496 e. The summed E-state index contributed by atoms with van der Waals surface area (Å²) in [6.45, 7) is 9.58. The number of fused-ring (bicyclic) bond motifs is 1. The fraction of sp³-hybridized carbons (Fsp3) is 0.360. The first-order chi connectivity index (χ1) is 15.2. The number of hydrogen-bond acceptors (Lipinski definition) is 5. The van der Waals surface area contributed by atoms with Crippen molar-refractivity contribution in [1.82, 2.24) is 5.43 Å². The number of methoxy groups -OCH3 is 1. The Kier molecular flexibility index (Phi) is 7.61. The topological polar surface area (TPSA) is 63.2 Å². The fourth-order valence-corrected chi connectivity index (χ4v) is 4.32. The Morgan fingerprint density at radius 2 is 2.06 bits per heavy atom. The second kappa shape index (κ2) is 10.2. The minimum atomic E-state index is -0.343. The van der Waals surface area contributed by atoms with Gasteiger partial charge in [0.15, 0.2) is 6.61 Å². The normalized spacial score (nSPS) is 14.7. The smallest absolute Gasteiger partial charge is 0.277 e. The molecule has 1 heterocycles. The molecule has 1 N–H and O–H groups in total. The number of benzene rings is 2. The molecule has 0 radical (unpaired) electrons. The van der Waals surface area contributed by atoms with Crippen LogP contribution in [0, 0.1) is 0 Å². The fourth-order valence-electron chi connectivity index (χ4n) is 3.94. The maximum absolute atomic E-state index is 12.1. The van der Waals surface area contributed by atoms with Crippen molar-refractivity contribution in [3.8, 4) is 11.5 Å². The Morgan fingerprint density at radius 3 is 2.75 bits per heavy atom. The lowest BCUT2D eigenvalue weighted by molar-refractivity contribution is -0.123. The maximum atomic E-state index is 12.1. The molecule has 32 heavy (non-hydrogen) atoms. The summed E-state index contributed by atoms with van der Waals surface area (Å²) in [4.78, 5) is 14.5. The monoisotopic (exact) mass is 499 g/mol. The van der Waals surface area contributed by atoms with Gasteiger partial charge >= 0.3 is 0 Å². The molecule has 0 aliphatic carbocycles. The number of allylic oxidation sites excluding steroid dienone is 1. The van der Waals surface area contributed by atoms with E-state index in [-0.39, 0.29) is 18.1 Å². The average Bonchev–Trinajstić information content (AvgIpc) is 2.74. The zero-order chi connectivity index (χ0) is 23.3. The SMILES string of the molecule is CCCN1c2cc(OC)c(/C=N/NC(=O)COc3cccc(Br)c3)cc2C(C)=CC1(C)C. The number of nitrogens with zero attached hydrogens (tertiary/aromatic N) is 2. The van der Waals surface area contributed by atoms with Crippen molar-refractivity contribution in [3.05, 3.63) is 58.1 Å². The first-order valence-electron chi connectivity index (χ1n) is 10.6. The molecule has 0 atom stereocenters. The van der Waals surface area contributed by atoms with Crippen LogP contribution in [0.5, 0.6) is 11.5 Å². The lowest BCUT2D eigenvalue weighted by Gasteiger charge is -2.43. The van der Waals surface area contributed by atoms with Gasteiger partial charge in [-0.3, -0.25) is 4.79 Å². The van der Waals surface area contributed by atoms with Crippen molar-refractivity contribution in [2.75, 3.05) is 25.2 Å². The Bertz CT molecular complexity index is 1050. The van der Waals surface area contributed by atoms with E-state index in [1.807, 2.05) is 12.1 Å². The summed E-state index contributed by atoms with van der Waals surface area (Å²) in [6, 6.07) is 11.4. The highest BCUT2D eigenvalue weighted by Gasteiger charge is 2.31. The first-order valence-corrected chi connectivity index (χ1v) is 11.4. The first kappa shape index (κ1) is 23.9. The lowest BCUT2D eigenvalue weighted by atomic mass is 9.87. The highest BCUT2D eigenvalue weighted by molar-refractivity contribution is 9.10. The van der Waals surface area contributed by atoms with E-state index in [1.54, 1.807) is 25.5 Å². The van der Waals surface area contributed by atoms with Gasteiger partial charge in [0.05, 0.1) is 18.9 Å². The van der Waals surface area contributed by atoms with Gasteiger partial charge in [-0.25, -0.2) is 5.43 Å². The molecule has 0 unspecified atom stereocenters. The third-order valence-corrected chi connectivity index (χ3v) is 5.83. The number of carbonyl (C=O) groups excluding carboxylic acids is 1. The summed E-state index contributed by atoms with van der Waals surface area (Å²) in [6.07, 6.45) is 4.95. The number of ether oxygens (including phenoxy) is 2. The van der Waals surface area contributed by atoms with Crippen LogP contribution in [0.2, 0.25) is 0 Å². The van der Waals surface area contributed by atoms with Crippen molar-refractivity contribution >= 4 is 39.3 Å². The molecular formula is C25H30BrN3O3. The van der Waals surface area contributed by atoms with E-state index in [0.717, 1.165) is 34.3 Å². The molecule has 0 aromatic heterocycles. The zero-order valence-electron chi connectivity index (χ0n) is 19.2. The van der Waals surface area contributed by atoms with E-state index in [9.17, 15) is 4.79 Å². The van der Waals surface area contributed by atoms with E-state index in [1.165, 1.54) is 5.57 Å². The Labute approximate surface area is 198 Å². The second-order valence-electron chi connectivity index (χ2n) is 8.28. The number of hydrogen-bond donors (Lipinski definition) is 1. The summed E-state index contributed by atoms with van der Waals surface area (Å²) < 4.78 is 12.0. The highest BCUT2D eigenvalue weighted by atomic mass is 79.9. The molecule has 0 bridgehead atoms. The van der Waals surface area contributed by atoms with Gasteiger partial charge in [0.1, 0.15) is 11.5 Å². The van der Waals surface area contributed by atoms with Crippen LogP contribution in [0.25, 0.3) is 5.57 Å². The van der Waals surface area contributed by atoms with Crippen molar-refractivity contribution < 1.29 is 14.3 Å². The molecule has 1 aliphatic rings. The quantitative estimate of drug-likeness (QED) is 0.390. The molecule has 6 nitrogen and oxygen atoms in total. The summed E-state index contributed by atoms with van der Waals surface area (Å²) >= 11 is 3.38. The van der Waals surface area contributed by atoms with E-state index >= 15 is 0 Å². The third-order valence-electron chi connectivity index (χ3n) is 5.34. The Balaban J connectivity index is 1.75. The summed E-state index contributed by atoms with van der Waals surface area (Å²) in [5, 5.41) is 4.11. The van der Waals surface area contributed by atoms with Crippen LogP contribution < -0.4 is 19.8 Å². The van der Waals surface area contributed by atoms with Crippen LogP contribution in [-0.4, -0.2) is 37.9 Å². The van der Waals surface area contributed by atoms with E-state index in [4.69, 9.17) is 9.47 Å². The number of carbonyl (C=O) groups is 1. The summed E-state index contributed by atoms with van der Waals surface area (Å²) in [5.41, 5.74) is 6.74. The number of anilines is 1. The van der Waals surface area contributed by atoms with Gasteiger partial charge in [0.2, 0.25) is 0 Å². The molecule has 0 saturated carbocycles. The van der Waals surface area contributed by atoms with Gasteiger partial charge in [-0.05, 0) is 57.0 Å². The van der Waals surface area contributed by atoms with Crippen molar-refractivity contribution in [2.24, 2.45) is 5.10 Å². The zero-order valence-corrected chi connectivity index (χ0v) is 20.8. The van der Waals surface area contributed by atoms with Crippen LogP contribution in [0.15, 0.2) is 52.0 Å². The van der Waals surface area contributed by atoms with Gasteiger partial charge in [-0.15, -0.1) is 0 Å². The molecule has 3 rings (SSSR count). The lowest BCUT2D eigenvalue weighted by Crippen LogP contribution is -2.45. The highest BCUT2D eigenvalue weighted by Crippen LogP contribution is 2.41.